The van der Waals surface area contributed by atoms with Crippen LogP contribution < -0.4 is 5.32 Å². The van der Waals surface area contributed by atoms with Crippen molar-refractivity contribution in [1.82, 2.24) is 0 Å². The lowest BCUT2D eigenvalue weighted by atomic mass is 10.1. The van der Waals surface area contributed by atoms with Gasteiger partial charge in [0.2, 0.25) is 0 Å². The molecule has 114 valence electrons. The minimum atomic E-state index is -4.42. The fourth-order valence-corrected chi connectivity index (χ4v) is 1.77. The highest BCUT2D eigenvalue weighted by molar-refractivity contribution is 6.06. The number of aromatic hydroxyl groups is 1. The molecule has 0 aliphatic rings. The smallest absolute Gasteiger partial charge is 0.416 e. The van der Waals surface area contributed by atoms with Crippen LogP contribution in [0, 0.1) is 0 Å². The summed E-state index contributed by atoms with van der Waals surface area (Å²) in [5, 5.41) is 12.1. The third-order valence-electron chi connectivity index (χ3n) is 2.84. The van der Waals surface area contributed by atoms with E-state index in [2.05, 4.69) is 5.32 Å². The van der Waals surface area contributed by atoms with Crippen LogP contribution in [0.1, 0.15) is 15.9 Å². The van der Waals surface area contributed by atoms with Crippen molar-refractivity contribution >= 4 is 11.5 Å². The largest absolute Gasteiger partial charge is 0.507 e. The molecule has 0 aromatic heterocycles. The van der Waals surface area contributed by atoms with Gasteiger partial charge in [0.05, 0.1) is 11.1 Å². The van der Waals surface area contributed by atoms with Crippen molar-refractivity contribution in [2.75, 3.05) is 5.32 Å². The molecule has 3 nitrogen and oxygen atoms in total. The number of benzene rings is 2. The molecule has 0 bridgehead atoms. The van der Waals surface area contributed by atoms with Gasteiger partial charge in [0.1, 0.15) is 5.75 Å². The zero-order valence-corrected chi connectivity index (χ0v) is 11.3. The summed E-state index contributed by atoms with van der Waals surface area (Å²) < 4.78 is 37.7. The van der Waals surface area contributed by atoms with Crippen molar-refractivity contribution in [2.45, 2.75) is 6.18 Å². The first kappa shape index (κ1) is 15.6. The molecule has 6 heteroatoms. The number of rotatable bonds is 4. The second-order valence-electron chi connectivity index (χ2n) is 4.44. The molecule has 0 saturated heterocycles. The van der Waals surface area contributed by atoms with E-state index in [1.807, 2.05) is 0 Å². The lowest BCUT2D eigenvalue weighted by molar-refractivity contribution is -0.137. The number of ketones is 1. The first-order valence-corrected chi connectivity index (χ1v) is 6.30. The van der Waals surface area contributed by atoms with Crippen LogP contribution in [0.25, 0.3) is 0 Å². The minimum Gasteiger partial charge on any atom is -0.507 e. The summed E-state index contributed by atoms with van der Waals surface area (Å²) in [6, 6.07) is 10.6. The van der Waals surface area contributed by atoms with E-state index in [1.54, 1.807) is 12.1 Å². The van der Waals surface area contributed by atoms with Gasteiger partial charge >= 0.3 is 6.18 Å². The van der Waals surface area contributed by atoms with Gasteiger partial charge in [-0.3, -0.25) is 4.79 Å². The molecule has 0 aliphatic heterocycles. The van der Waals surface area contributed by atoms with Crippen LogP contribution >= 0.6 is 0 Å². The Labute approximate surface area is 124 Å². The minimum absolute atomic E-state index is 0.115. The molecule has 0 atom stereocenters. The summed E-state index contributed by atoms with van der Waals surface area (Å²) in [4.78, 5) is 11.8. The number of carbonyl (C=O) groups excluding carboxylic acids is 1. The SMILES string of the molecule is O=C(/C=C/Nc1cccc(C(F)(F)F)c1)c1ccccc1O. The number of hydrogen-bond donors (Lipinski definition) is 2. The standard InChI is InChI=1S/C16H12F3NO2/c17-16(18,19)11-4-3-5-12(10-11)20-9-8-15(22)13-6-1-2-7-14(13)21/h1-10,20-21H/b9-8+. The molecule has 2 rings (SSSR count). The summed E-state index contributed by atoms with van der Waals surface area (Å²) in [7, 11) is 0. The van der Waals surface area contributed by atoms with Gasteiger partial charge in [-0.15, -0.1) is 0 Å². The van der Waals surface area contributed by atoms with Crippen LogP contribution in [0.2, 0.25) is 0 Å². The van der Waals surface area contributed by atoms with Crippen molar-refractivity contribution in [2.24, 2.45) is 0 Å². The predicted octanol–water partition coefficient (Wildman–Crippen LogP) is 4.22. The number of nitrogens with one attached hydrogen (secondary N) is 1. The Bertz CT molecular complexity index is 709. The quantitative estimate of drug-likeness (QED) is 0.657. The number of allylic oxidation sites excluding steroid dienone is 1. The molecule has 0 fully saturated rings. The lowest BCUT2D eigenvalue weighted by Gasteiger charge is -2.08. The molecule has 2 N–H and O–H groups in total. The van der Waals surface area contributed by atoms with E-state index in [-0.39, 0.29) is 17.0 Å². The summed E-state index contributed by atoms with van der Waals surface area (Å²) in [6.45, 7) is 0. The fraction of sp³-hybridized carbons (Fsp3) is 0.0625. The van der Waals surface area contributed by atoms with Gasteiger partial charge in [-0.1, -0.05) is 18.2 Å². The number of carbonyl (C=O) groups is 1. The van der Waals surface area contributed by atoms with Crippen LogP contribution in [0.4, 0.5) is 18.9 Å². The van der Waals surface area contributed by atoms with Crippen molar-refractivity contribution < 1.29 is 23.1 Å². The molecular weight excluding hydrogens is 295 g/mol. The Morgan fingerprint density at radius 2 is 1.82 bits per heavy atom. The van der Waals surface area contributed by atoms with E-state index in [1.165, 1.54) is 30.5 Å². The van der Waals surface area contributed by atoms with Crippen LogP contribution in [-0.4, -0.2) is 10.9 Å². The molecule has 0 unspecified atom stereocenters. The number of para-hydroxylation sites is 1. The molecule has 0 heterocycles. The molecule has 0 aliphatic carbocycles. The maximum absolute atomic E-state index is 12.6. The first-order chi connectivity index (χ1) is 10.4. The van der Waals surface area contributed by atoms with Crippen LogP contribution in [0.5, 0.6) is 5.75 Å². The molecule has 22 heavy (non-hydrogen) atoms. The summed E-state index contributed by atoms with van der Waals surface area (Å²) >= 11 is 0. The number of halogens is 3. The Morgan fingerprint density at radius 1 is 1.09 bits per heavy atom. The van der Waals surface area contributed by atoms with Crippen LogP contribution in [0.15, 0.2) is 60.8 Å². The number of phenolic OH excluding ortho intramolecular Hbond substituents is 1. The van der Waals surface area contributed by atoms with E-state index in [9.17, 15) is 23.1 Å². The van der Waals surface area contributed by atoms with Gasteiger partial charge in [-0.05, 0) is 30.3 Å². The lowest BCUT2D eigenvalue weighted by Crippen LogP contribution is -2.05. The van der Waals surface area contributed by atoms with Gasteiger partial charge < -0.3 is 10.4 Å². The normalized spacial score (nSPS) is 11.6. The summed E-state index contributed by atoms with van der Waals surface area (Å²) in [5.41, 5.74) is -0.460. The van der Waals surface area contributed by atoms with E-state index >= 15 is 0 Å². The summed E-state index contributed by atoms with van der Waals surface area (Å²) in [6.07, 6.45) is -2.06. The van der Waals surface area contributed by atoms with Crippen LogP contribution in [-0.2, 0) is 6.18 Å². The molecule has 0 radical (unpaired) electrons. The van der Waals surface area contributed by atoms with E-state index in [4.69, 9.17) is 0 Å². The van der Waals surface area contributed by atoms with Crippen molar-refractivity contribution in [3.63, 3.8) is 0 Å². The summed E-state index contributed by atoms with van der Waals surface area (Å²) in [5.74, 6) is -0.617. The average molecular weight is 307 g/mol. The molecule has 2 aromatic carbocycles. The average Bonchev–Trinajstić information content (AvgIpc) is 2.47. The highest BCUT2D eigenvalue weighted by Crippen LogP contribution is 2.30. The zero-order chi connectivity index (χ0) is 16.2. The molecule has 0 spiro atoms. The Balaban J connectivity index is 2.07. The van der Waals surface area contributed by atoms with E-state index < -0.39 is 17.5 Å². The van der Waals surface area contributed by atoms with Gasteiger partial charge in [0, 0.05) is 18.0 Å². The highest BCUT2D eigenvalue weighted by atomic mass is 19.4. The predicted molar refractivity (Wildman–Crippen MR) is 76.6 cm³/mol. The Morgan fingerprint density at radius 3 is 2.50 bits per heavy atom. The van der Waals surface area contributed by atoms with Crippen molar-refractivity contribution in [1.29, 1.82) is 0 Å². The second-order valence-corrected chi connectivity index (χ2v) is 4.44. The van der Waals surface area contributed by atoms with Crippen LogP contribution in [0.3, 0.4) is 0 Å². The molecular formula is C16H12F3NO2. The van der Waals surface area contributed by atoms with Gasteiger partial charge in [0.15, 0.2) is 5.78 Å². The maximum atomic E-state index is 12.6. The van der Waals surface area contributed by atoms with E-state index in [0.29, 0.717) is 0 Å². The second kappa shape index (κ2) is 6.34. The number of alkyl halides is 3. The number of phenols is 1. The third kappa shape index (κ3) is 3.88. The zero-order valence-electron chi connectivity index (χ0n) is 11.3. The Hall–Kier alpha value is -2.76. The van der Waals surface area contributed by atoms with Gasteiger partial charge in [-0.2, -0.15) is 13.2 Å². The molecule has 0 amide bonds. The van der Waals surface area contributed by atoms with Gasteiger partial charge in [0.25, 0.3) is 0 Å². The topological polar surface area (TPSA) is 49.3 Å². The number of hydrogen-bond acceptors (Lipinski definition) is 3. The van der Waals surface area contributed by atoms with E-state index in [0.717, 1.165) is 18.2 Å². The maximum Gasteiger partial charge on any atom is 0.416 e. The monoisotopic (exact) mass is 307 g/mol. The fourth-order valence-electron chi connectivity index (χ4n) is 1.77. The number of anilines is 1. The van der Waals surface area contributed by atoms with Crippen molar-refractivity contribution in [3.8, 4) is 5.75 Å². The van der Waals surface area contributed by atoms with Gasteiger partial charge in [-0.25, -0.2) is 0 Å². The highest BCUT2D eigenvalue weighted by Gasteiger charge is 2.30. The molecule has 0 saturated carbocycles. The first-order valence-electron chi connectivity index (χ1n) is 6.30. The molecule has 2 aromatic rings. The van der Waals surface area contributed by atoms with Crippen molar-refractivity contribution in [3.05, 3.63) is 71.9 Å². The Kier molecular flexibility index (Phi) is 4.50. The third-order valence-corrected chi connectivity index (χ3v) is 2.84.